The number of ether oxygens (including phenoxy) is 1. The molecular weight excluding hydrogens is 232 g/mol. The third-order valence-corrected chi connectivity index (χ3v) is 2.32. The van der Waals surface area contributed by atoms with Gasteiger partial charge in [-0.3, -0.25) is 9.59 Å². The van der Waals surface area contributed by atoms with Gasteiger partial charge >= 0.3 is 0 Å². The minimum atomic E-state index is -0.165. The quantitative estimate of drug-likeness (QED) is 0.749. The van der Waals surface area contributed by atoms with Gasteiger partial charge in [-0.2, -0.15) is 0 Å². The Hall–Kier alpha value is -1.88. The number of hydrogen-bond acceptors (Lipinski definition) is 4. The SMILES string of the molecule is COc1ccc(C(=O)CNC(=O)CN(C)C)cc1. The summed E-state index contributed by atoms with van der Waals surface area (Å²) in [7, 11) is 5.16. The summed E-state index contributed by atoms with van der Waals surface area (Å²) in [6.45, 7) is 0.287. The first kappa shape index (κ1) is 14.2. The number of carbonyl (C=O) groups excluding carboxylic acids is 2. The predicted octanol–water partition coefficient (Wildman–Crippen LogP) is 0.556. The van der Waals surface area contributed by atoms with Crippen molar-refractivity contribution in [2.75, 3.05) is 34.3 Å². The maximum atomic E-state index is 11.8. The van der Waals surface area contributed by atoms with Crippen LogP contribution in [0.3, 0.4) is 0 Å². The van der Waals surface area contributed by atoms with Gasteiger partial charge in [0.15, 0.2) is 5.78 Å². The van der Waals surface area contributed by atoms with Gasteiger partial charge in [0.1, 0.15) is 5.75 Å². The number of Topliss-reactive ketones (excluding diaryl/α,β-unsaturated/α-hetero) is 1. The molecule has 0 fully saturated rings. The van der Waals surface area contributed by atoms with Crippen molar-refractivity contribution in [2.45, 2.75) is 0 Å². The van der Waals surface area contributed by atoms with Gasteiger partial charge in [0.2, 0.25) is 5.91 Å². The van der Waals surface area contributed by atoms with E-state index >= 15 is 0 Å². The molecule has 1 rings (SSSR count). The zero-order valence-electron chi connectivity index (χ0n) is 10.9. The molecule has 0 aliphatic heterocycles. The lowest BCUT2D eigenvalue weighted by atomic mass is 10.1. The third kappa shape index (κ3) is 4.55. The zero-order valence-corrected chi connectivity index (χ0v) is 10.9. The van der Waals surface area contributed by atoms with Crippen molar-refractivity contribution in [3.05, 3.63) is 29.8 Å². The first-order chi connectivity index (χ1) is 8.52. The summed E-state index contributed by atoms with van der Waals surface area (Å²) in [4.78, 5) is 24.9. The van der Waals surface area contributed by atoms with E-state index in [1.807, 2.05) is 0 Å². The van der Waals surface area contributed by atoms with Gasteiger partial charge in [0.25, 0.3) is 0 Å². The average molecular weight is 250 g/mol. The van der Waals surface area contributed by atoms with Gasteiger partial charge in [0.05, 0.1) is 20.2 Å². The highest BCUT2D eigenvalue weighted by atomic mass is 16.5. The molecule has 0 aliphatic carbocycles. The lowest BCUT2D eigenvalue weighted by Crippen LogP contribution is -2.36. The van der Waals surface area contributed by atoms with Crippen LogP contribution in [0.15, 0.2) is 24.3 Å². The van der Waals surface area contributed by atoms with E-state index in [4.69, 9.17) is 4.74 Å². The van der Waals surface area contributed by atoms with Gasteiger partial charge in [-0.25, -0.2) is 0 Å². The van der Waals surface area contributed by atoms with Gasteiger partial charge in [0, 0.05) is 5.56 Å². The molecular formula is C13H18N2O3. The molecule has 0 atom stereocenters. The molecule has 1 amide bonds. The fourth-order valence-electron chi connectivity index (χ4n) is 1.40. The lowest BCUT2D eigenvalue weighted by molar-refractivity contribution is -0.121. The smallest absolute Gasteiger partial charge is 0.234 e. The number of rotatable bonds is 6. The summed E-state index contributed by atoms with van der Waals surface area (Å²) in [6, 6.07) is 6.79. The number of carbonyl (C=O) groups is 2. The van der Waals surface area contributed by atoms with Crippen LogP contribution in [0.1, 0.15) is 10.4 Å². The number of benzene rings is 1. The van der Waals surface area contributed by atoms with E-state index in [0.29, 0.717) is 11.3 Å². The Morgan fingerprint density at radius 2 is 1.83 bits per heavy atom. The second-order valence-corrected chi connectivity index (χ2v) is 4.17. The van der Waals surface area contributed by atoms with E-state index in [-0.39, 0.29) is 24.8 Å². The maximum absolute atomic E-state index is 11.8. The molecule has 5 nitrogen and oxygen atoms in total. The molecule has 0 heterocycles. The molecule has 5 heteroatoms. The number of ketones is 1. The molecule has 98 valence electrons. The van der Waals surface area contributed by atoms with Crippen LogP contribution in [-0.4, -0.2) is 50.9 Å². The average Bonchev–Trinajstić information content (AvgIpc) is 2.35. The Morgan fingerprint density at radius 1 is 1.22 bits per heavy atom. The first-order valence-electron chi connectivity index (χ1n) is 5.61. The molecule has 1 N–H and O–H groups in total. The van der Waals surface area contributed by atoms with Crippen molar-refractivity contribution in [3.8, 4) is 5.75 Å². The highest BCUT2D eigenvalue weighted by molar-refractivity contribution is 5.99. The molecule has 18 heavy (non-hydrogen) atoms. The standard InChI is InChI=1S/C13H18N2O3/c1-15(2)9-13(17)14-8-12(16)10-4-6-11(18-3)7-5-10/h4-7H,8-9H2,1-3H3,(H,14,17). The largest absolute Gasteiger partial charge is 0.497 e. The molecule has 0 saturated heterocycles. The lowest BCUT2D eigenvalue weighted by Gasteiger charge is -2.09. The minimum absolute atomic E-state index is 0.0129. The van der Waals surface area contributed by atoms with Crippen molar-refractivity contribution in [3.63, 3.8) is 0 Å². The second kappa shape index (κ2) is 6.76. The van der Waals surface area contributed by atoms with Gasteiger partial charge < -0.3 is 15.0 Å². The first-order valence-corrected chi connectivity index (χ1v) is 5.61. The predicted molar refractivity (Wildman–Crippen MR) is 68.9 cm³/mol. The summed E-state index contributed by atoms with van der Waals surface area (Å²) in [5, 5.41) is 2.58. The van der Waals surface area contributed by atoms with E-state index in [0.717, 1.165) is 0 Å². The molecule has 0 unspecified atom stereocenters. The fourth-order valence-corrected chi connectivity index (χ4v) is 1.40. The van der Waals surface area contributed by atoms with Crippen LogP contribution in [-0.2, 0) is 4.79 Å². The number of methoxy groups -OCH3 is 1. The van der Waals surface area contributed by atoms with Crippen molar-refractivity contribution in [1.29, 1.82) is 0 Å². The molecule has 1 aromatic rings. The van der Waals surface area contributed by atoms with Gasteiger partial charge in [-0.1, -0.05) is 0 Å². The van der Waals surface area contributed by atoms with Crippen LogP contribution in [0.4, 0.5) is 0 Å². The Bertz CT molecular complexity index is 413. The zero-order chi connectivity index (χ0) is 13.5. The van der Waals surface area contributed by atoms with Gasteiger partial charge in [-0.05, 0) is 38.4 Å². The highest BCUT2D eigenvalue weighted by Crippen LogP contribution is 2.11. The van der Waals surface area contributed by atoms with Crippen LogP contribution in [0.2, 0.25) is 0 Å². The number of nitrogens with zero attached hydrogens (tertiary/aromatic N) is 1. The molecule has 0 radical (unpaired) electrons. The summed E-state index contributed by atoms with van der Waals surface area (Å²) >= 11 is 0. The van der Waals surface area contributed by atoms with Crippen LogP contribution < -0.4 is 10.1 Å². The summed E-state index contributed by atoms with van der Waals surface area (Å²) < 4.78 is 5.00. The topological polar surface area (TPSA) is 58.6 Å². The number of amides is 1. The van der Waals surface area contributed by atoms with Crippen molar-refractivity contribution in [2.24, 2.45) is 0 Å². The second-order valence-electron chi connectivity index (χ2n) is 4.17. The maximum Gasteiger partial charge on any atom is 0.234 e. The highest BCUT2D eigenvalue weighted by Gasteiger charge is 2.08. The Morgan fingerprint density at radius 3 is 2.33 bits per heavy atom. The van der Waals surface area contributed by atoms with Crippen LogP contribution >= 0.6 is 0 Å². The minimum Gasteiger partial charge on any atom is -0.497 e. The van der Waals surface area contributed by atoms with Crippen LogP contribution in [0.25, 0.3) is 0 Å². The van der Waals surface area contributed by atoms with Crippen molar-refractivity contribution in [1.82, 2.24) is 10.2 Å². The molecule has 0 aliphatic rings. The van der Waals surface area contributed by atoms with E-state index < -0.39 is 0 Å². The van der Waals surface area contributed by atoms with Crippen LogP contribution in [0, 0.1) is 0 Å². The van der Waals surface area contributed by atoms with E-state index in [9.17, 15) is 9.59 Å². The third-order valence-electron chi connectivity index (χ3n) is 2.32. The Kier molecular flexibility index (Phi) is 5.32. The molecule has 0 aromatic heterocycles. The molecule has 0 bridgehead atoms. The molecule has 1 aromatic carbocycles. The number of likely N-dealkylation sites (N-methyl/N-ethyl adjacent to an activating group) is 1. The fraction of sp³-hybridized carbons (Fsp3) is 0.385. The van der Waals surface area contributed by atoms with Gasteiger partial charge in [-0.15, -0.1) is 0 Å². The van der Waals surface area contributed by atoms with Crippen molar-refractivity contribution >= 4 is 11.7 Å². The summed E-state index contributed by atoms with van der Waals surface area (Å²) in [5.41, 5.74) is 0.556. The number of hydrogen-bond donors (Lipinski definition) is 1. The van der Waals surface area contributed by atoms with E-state index in [2.05, 4.69) is 5.32 Å². The normalized spacial score (nSPS) is 10.2. The summed E-state index contributed by atoms with van der Waals surface area (Å²) in [6.07, 6.45) is 0. The Balaban J connectivity index is 2.47. The summed E-state index contributed by atoms with van der Waals surface area (Å²) in [5.74, 6) is 0.412. The van der Waals surface area contributed by atoms with Crippen LogP contribution in [0.5, 0.6) is 5.75 Å². The van der Waals surface area contributed by atoms with E-state index in [1.54, 1.807) is 50.4 Å². The van der Waals surface area contributed by atoms with Crippen molar-refractivity contribution < 1.29 is 14.3 Å². The number of nitrogens with one attached hydrogen (secondary N) is 1. The molecule has 0 spiro atoms. The monoisotopic (exact) mass is 250 g/mol. The van der Waals surface area contributed by atoms with E-state index in [1.165, 1.54) is 0 Å². The Labute approximate surface area is 107 Å². The molecule has 0 saturated carbocycles.